The SMILES string of the molecule is Cn1cnnc1SC[C@@H]1C[C@H](c2ccc(CO)cc2)O[C@H](c2ccc(-c3cccc(CNC(=O)CCCCCC(=O)NO)c3)cc2)O1. The number of ether oxygens (including phenoxy) is 2. The van der Waals surface area contributed by atoms with Gasteiger partial charge in [-0.05, 0) is 46.7 Å². The third-order valence-corrected chi connectivity index (χ3v) is 9.21. The molecule has 1 fully saturated rings. The van der Waals surface area contributed by atoms with Crippen LogP contribution in [0, 0.1) is 0 Å². The molecule has 1 saturated heterocycles. The normalized spacial score (nSPS) is 17.7. The lowest BCUT2D eigenvalue weighted by atomic mass is 9.99. The Morgan fingerprint density at radius 3 is 2.36 bits per heavy atom. The minimum Gasteiger partial charge on any atom is -0.392 e. The van der Waals surface area contributed by atoms with Crippen LogP contribution in [0.3, 0.4) is 0 Å². The van der Waals surface area contributed by atoms with Crippen LogP contribution in [-0.2, 0) is 39.3 Å². The third kappa shape index (κ3) is 9.96. The number of aromatic nitrogens is 3. The molecule has 2 heterocycles. The lowest BCUT2D eigenvalue weighted by Gasteiger charge is -2.36. The maximum absolute atomic E-state index is 12.3. The summed E-state index contributed by atoms with van der Waals surface area (Å²) in [7, 11) is 1.92. The molecule has 1 aromatic heterocycles. The van der Waals surface area contributed by atoms with E-state index < -0.39 is 12.2 Å². The Hall–Kier alpha value is -4.07. The van der Waals surface area contributed by atoms with E-state index in [-0.39, 0.29) is 31.1 Å². The maximum atomic E-state index is 12.3. The number of aliphatic hydroxyl groups excluding tert-OH is 1. The first kappa shape index (κ1) is 34.3. The van der Waals surface area contributed by atoms with E-state index in [1.165, 1.54) is 0 Å². The molecule has 4 aromatic rings. The first-order chi connectivity index (χ1) is 22.9. The van der Waals surface area contributed by atoms with Gasteiger partial charge in [0.05, 0.1) is 18.8 Å². The van der Waals surface area contributed by atoms with Crippen molar-refractivity contribution in [1.29, 1.82) is 0 Å². The van der Waals surface area contributed by atoms with Crippen molar-refractivity contribution in [3.05, 3.63) is 101 Å². The molecule has 0 unspecified atom stereocenters. The number of hydrogen-bond acceptors (Lipinski definition) is 9. The van der Waals surface area contributed by atoms with Crippen molar-refractivity contribution >= 4 is 23.6 Å². The van der Waals surface area contributed by atoms with Crippen LogP contribution in [0.5, 0.6) is 0 Å². The molecule has 2 amide bonds. The smallest absolute Gasteiger partial charge is 0.243 e. The number of unbranched alkanes of at least 4 members (excludes halogenated alkanes) is 2. The van der Waals surface area contributed by atoms with Gasteiger partial charge in [0.25, 0.3) is 0 Å². The molecule has 0 saturated carbocycles. The highest BCUT2D eigenvalue weighted by Crippen LogP contribution is 2.39. The number of thioether (sulfide) groups is 1. The molecule has 3 aromatic carbocycles. The second kappa shape index (κ2) is 17.2. The molecule has 3 atom stereocenters. The van der Waals surface area contributed by atoms with E-state index in [0.29, 0.717) is 38.0 Å². The number of aryl methyl sites for hydroxylation is 1. The van der Waals surface area contributed by atoms with Crippen molar-refractivity contribution in [2.45, 2.75) is 75.3 Å². The first-order valence-corrected chi connectivity index (χ1v) is 16.8. The molecule has 0 bridgehead atoms. The number of carbonyl (C=O) groups excluding carboxylic acids is 2. The highest BCUT2D eigenvalue weighted by atomic mass is 32.2. The molecule has 0 spiro atoms. The van der Waals surface area contributed by atoms with Crippen LogP contribution in [0.25, 0.3) is 11.1 Å². The molecular weight excluding hydrogens is 618 g/mol. The molecule has 47 heavy (non-hydrogen) atoms. The fourth-order valence-electron chi connectivity index (χ4n) is 5.38. The highest BCUT2D eigenvalue weighted by molar-refractivity contribution is 7.99. The van der Waals surface area contributed by atoms with E-state index in [2.05, 4.69) is 33.7 Å². The number of amides is 2. The quantitative estimate of drug-likeness (QED) is 0.0571. The number of rotatable bonds is 15. The van der Waals surface area contributed by atoms with E-state index in [1.54, 1.807) is 23.6 Å². The molecule has 1 aliphatic rings. The number of benzene rings is 3. The predicted molar refractivity (Wildman–Crippen MR) is 177 cm³/mol. The number of hydrogen-bond donors (Lipinski definition) is 4. The second-order valence-electron chi connectivity index (χ2n) is 11.6. The van der Waals surface area contributed by atoms with Crippen LogP contribution in [0.1, 0.15) is 73.2 Å². The zero-order chi connectivity index (χ0) is 33.0. The Morgan fingerprint density at radius 2 is 1.66 bits per heavy atom. The van der Waals surface area contributed by atoms with E-state index in [0.717, 1.165) is 45.0 Å². The Kier molecular flexibility index (Phi) is 12.5. The Balaban J connectivity index is 1.20. The van der Waals surface area contributed by atoms with Crippen molar-refractivity contribution in [2.75, 3.05) is 5.75 Å². The predicted octanol–water partition coefficient (Wildman–Crippen LogP) is 5.38. The number of carbonyl (C=O) groups is 2. The number of hydroxylamine groups is 1. The van der Waals surface area contributed by atoms with Crippen molar-refractivity contribution in [1.82, 2.24) is 25.6 Å². The summed E-state index contributed by atoms with van der Waals surface area (Å²) in [6, 6.07) is 24.1. The largest absolute Gasteiger partial charge is 0.392 e. The summed E-state index contributed by atoms with van der Waals surface area (Å²) in [6.07, 6.45) is 4.24. The summed E-state index contributed by atoms with van der Waals surface area (Å²) >= 11 is 1.60. The summed E-state index contributed by atoms with van der Waals surface area (Å²) < 4.78 is 14.9. The van der Waals surface area contributed by atoms with Gasteiger partial charge in [0.15, 0.2) is 11.4 Å². The number of nitrogens with zero attached hydrogens (tertiary/aromatic N) is 3. The number of nitrogens with one attached hydrogen (secondary N) is 2. The van der Waals surface area contributed by atoms with E-state index in [4.69, 9.17) is 14.7 Å². The molecule has 0 aliphatic carbocycles. The highest BCUT2D eigenvalue weighted by Gasteiger charge is 2.32. The average molecular weight is 660 g/mol. The summed E-state index contributed by atoms with van der Waals surface area (Å²) in [4.78, 5) is 23.4. The van der Waals surface area contributed by atoms with Gasteiger partial charge in [0, 0.05) is 44.2 Å². The lowest BCUT2D eigenvalue weighted by molar-refractivity contribution is -0.245. The van der Waals surface area contributed by atoms with E-state index in [9.17, 15) is 14.7 Å². The van der Waals surface area contributed by atoms with Gasteiger partial charge in [-0.3, -0.25) is 14.8 Å². The van der Waals surface area contributed by atoms with Crippen molar-refractivity contribution in [2.24, 2.45) is 7.05 Å². The van der Waals surface area contributed by atoms with E-state index in [1.807, 2.05) is 66.2 Å². The Labute approximate surface area is 278 Å². The van der Waals surface area contributed by atoms with Crippen molar-refractivity contribution in [3.8, 4) is 11.1 Å². The van der Waals surface area contributed by atoms with Gasteiger partial charge in [-0.15, -0.1) is 10.2 Å². The molecular formula is C35H41N5O6S. The Morgan fingerprint density at radius 1 is 0.915 bits per heavy atom. The molecule has 1 aliphatic heterocycles. The average Bonchev–Trinajstić information content (AvgIpc) is 3.53. The zero-order valence-corrected chi connectivity index (χ0v) is 27.2. The first-order valence-electron chi connectivity index (χ1n) is 15.8. The molecule has 4 N–H and O–H groups in total. The lowest BCUT2D eigenvalue weighted by Crippen LogP contribution is -2.31. The standard InChI is InChI=1S/C35H41N5O6S/c1-40-23-37-38-35(40)47-22-30-19-31(27-12-10-24(21-41)11-13-27)46-34(45-30)28-16-14-26(15-17-28)29-7-5-6-25(18-29)20-36-32(42)8-3-2-4-9-33(43)39-44/h5-7,10-18,23,30-31,34,41,44H,2-4,8-9,19-22H2,1H3,(H,36,42)(H,39,43)/t30-,31+,34+/m0/s1. The van der Waals surface area contributed by atoms with Crippen LogP contribution >= 0.6 is 11.8 Å². The Bertz CT molecular complexity index is 1600. The minimum atomic E-state index is -0.557. The van der Waals surface area contributed by atoms with Crippen LogP contribution in [0.4, 0.5) is 0 Å². The molecule has 12 heteroatoms. The van der Waals surface area contributed by atoms with Gasteiger partial charge in [-0.1, -0.05) is 84.9 Å². The summed E-state index contributed by atoms with van der Waals surface area (Å²) in [5, 5.41) is 30.0. The molecule has 0 radical (unpaired) electrons. The van der Waals surface area contributed by atoms with Gasteiger partial charge in [-0.2, -0.15) is 0 Å². The van der Waals surface area contributed by atoms with Gasteiger partial charge in [0.2, 0.25) is 11.8 Å². The second-order valence-corrected chi connectivity index (χ2v) is 12.6. The fourth-order valence-corrected chi connectivity index (χ4v) is 6.29. The van der Waals surface area contributed by atoms with Crippen LogP contribution in [-0.4, -0.2) is 48.7 Å². The van der Waals surface area contributed by atoms with Crippen molar-refractivity contribution in [3.63, 3.8) is 0 Å². The monoisotopic (exact) mass is 659 g/mol. The van der Waals surface area contributed by atoms with Crippen LogP contribution < -0.4 is 10.8 Å². The summed E-state index contributed by atoms with van der Waals surface area (Å²) in [6.45, 7) is 0.421. The van der Waals surface area contributed by atoms with Gasteiger partial charge < -0.3 is 24.5 Å². The van der Waals surface area contributed by atoms with Crippen LogP contribution in [0.2, 0.25) is 0 Å². The van der Waals surface area contributed by atoms with Gasteiger partial charge >= 0.3 is 0 Å². The fraction of sp³-hybridized carbons (Fsp3) is 0.371. The topological polar surface area (TPSA) is 148 Å². The zero-order valence-electron chi connectivity index (χ0n) is 26.4. The minimum absolute atomic E-state index is 0.00505. The van der Waals surface area contributed by atoms with Crippen LogP contribution in [0.15, 0.2) is 84.3 Å². The van der Waals surface area contributed by atoms with Crippen molar-refractivity contribution < 1.29 is 29.4 Å². The summed E-state index contributed by atoms with van der Waals surface area (Å²) in [5.74, 6) is 0.255. The third-order valence-electron chi connectivity index (χ3n) is 8.05. The number of aliphatic hydroxyl groups is 1. The maximum Gasteiger partial charge on any atom is 0.243 e. The molecule has 11 nitrogen and oxygen atoms in total. The van der Waals surface area contributed by atoms with E-state index >= 15 is 0 Å². The molecule has 5 rings (SSSR count). The van der Waals surface area contributed by atoms with Gasteiger partial charge in [0.1, 0.15) is 6.33 Å². The molecule has 248 valence electrons. The van der Waals surface area contributed by atoms with Gasteiger partial charge in [-0.25, -0.2) is 5.48 Å². The summed E-state index contributed by atoms with van der Waals surface area (Å²) in [5.41, 5.74) is 7.50.